The number of carbonyl (C=O) groups excluding carboxylic acids is 1. The van der Waals surface area contributed by atoms with Crippen LogP contribution in [-0.2, 0) is 0 Å². The van der Waals surface area contributed by atoms with E-state index in [1.54, 1.807) is 42.5 Å². The number of quaternary nitrogens is 1. The van der Waals surface area contributed by atoms with E-state index in [0.717, 1.165) is 0 Å². The predicted molar refractivity (Wildman–Crippen MR) is 102 cm³/mol. The van der Waals surface area contributed by atoms with Crippen molar-refractivity contribution in [2.45, 2.75) is 0 Å². The van der Waals surface area contributed by atoms with Crippen LogP contribution in [0.1, 0.15) is 15.9 Å². The largest absolute Gasteiger partial charge is 0.858 e. The minimum absolute atomic E-state index is 0. The van der Waals surface area contributed by atoms with Crippen LogP contribution in [0.5, 0.6) is 0 Å². The molecular formula is C18H20BrClN2O2. The van der Waals surface area contributed by atoms with Crippen LogP contribution in [-0.4, -0.2) is 43.9 Å². The summed E-state index contributed by atoms with van der Waals surface area (Å²) in [5.41, 5.74) is 1.21. The number of halogens is 2. The van der Waals surface area contributed by atoms with Gasteiger partial charge in [0.1, 0.15) is 6.54 Å². The minimum atomic E-state index is -0.276. The smallest absolute Gasteiger partial charge is 0.195 e. The third-order valence-electron chi connectivity index (χ3n) is 3.09. The van der Waals surface area contributed by atoms with Crippen LogP contribution in [0.2, 0.25) is 5.02 Å². The molecule has 4 nitrogen and oxygen atoms in total. The second-order valence-corrected chi connectivity index (χ2v) is 6.75. The average Bonchev–Trinajstić information content (AvgIpc) is 2.47. The SMILES string of the molecule is Br.C[N+](C)(C)CC([O-])=Nc1ccc(Cl)cc1C(=O)c1ccccc1. The normalized spacial score (nSPS) is 11.8. The van der Waals surface area contributed by atoms with Crippen molar-refractivity contribution >= 4 is 46.0 Å². The molecule has 0 fully saturated rings. The number of hydrogen-bond donors (Lipinski definition) is 0. The molecule has 2 aromatic rings. The molecule has 0 saturated heterocycles. The maximum atomic E-state index is 12.7. The van der Waals surface area contributed by atoms with Crippen molar-refractivity contribution in [1.29, 1.82) is 0 Å². The summed E-state index contributed by atoms with van der Waals surface area (Å²) >= 11 is 6.01. The monoisotopic (exact) mass is 410 g/mol. The van der Waals surface area contributed by atoms with Crippen LogP contribution < -0.4 is 5.11 Å². The highest BCUT2D eigenvalue weighted by Gasteiger charge is 2.14. The zero-order valence-corrected chi connectivity index (χ0v) is 16.3. The molecule has 0 spiro atoms. The number of ketones is 1. The second-order valence-electron chi connectivity index (χ2n) is 6.31. The second kappa shape index (κ2) is 8.42. The zero-order chi connectivity index (χ0) is 17.0. The van der Waals surface area contributed by atoms with Crippen molar-refractivity contribution in [2.24, 2.45) is 4.99 Å². The topological polar surface area (TPSA) is 52.5 Å². The van der Waals surface area contributed by atoms with Gasteiger partial charge in [0.15, 0.2) is 5.78 Å². The molecule has 128 valence electrons. The molecule has 0 atom stereocenters. The number of aliphatic imine (C=N–C) groups is 1. The van der Waals surface area contributed by atoms with Crippen LogP contribution in [0.25, 0.3) is 0 Å². The summed E-state index contributed by atoms with van der Waals surface area (Å²) in [4.78, 5) is 16.8. The fourth-order valence-electron chi connectivity index (χ4n) is 2.11. The van der Waals surface area contributed by atoms with Crippen molar-refractivity contribution in [3.63, 3.8) is 0 Å². The molecule has 0 amide bonds. The molecule has 24 heavy (non-hydrogen) atoms. The lowest BCUT2D eigenvalue weighted by atomic mass is 10.0. The molecule has 0 heterocycles. The van der Waals surface area contributed by atoms with Gasteiger partial charge in [-0.2, -0.15) is 0 Å². The Morgan fingerprint density at radius 3 is 2.33 bits per heavy atom. The Hall–Kier alpha value is -1.69. The van der Waals surface area contributed by atoms with Gasteiger partial charge >= 0.3 is 0 Å². The highest BCUT2D eigenvalue weighted by atomic mass is 79.9. The van der Waals surface area contributed by atoms with E-state index in [1.807, 2.05) is 27.2 Å². The highest BCUT2D eigenvalue weighted by Crippen LogP contribution is 2.26. The van der Waals surface area contributed by atoms with Crippen LogP contribution in [0.4, 0.5) is 5.69 Å². The Morgan fingerprint density at radius 1 is 1.12 bits per heavy atom. The van der Waals surface area contributed by atoms with Crippen molar-refractivity contribution in [1.82, 2.24) is 0 Å². The van der Waals surface area contributed by atoms with E-state index < -0.39 is 0 Å². The van der Waals surface area contributed by atoms with Crippen LogP contribution in [0.3, 0.4) is 0 Å². The van der Waals surface area contributed by atoms with Crippen LogP contribution >= 0.6 is 28.6 Å². The van der Waals surface area contributed by atoms with E-state index in [-0.39, 0.29) is 35.2 Å². The van der Waals surface area contributed by atoms with Gasteiger partial charge in [0.05, 0.1) is 26.8 Å². The quantitative estimate of drug-likeness (QED) is 0.328. The first-order valence-corrected chi connectivity index (χ1v) is 7.58. The third kappa shape index (κ3) is 5.74. The van der Waals surface area contributed by atoms with Crippen molar-refractivity contribution in [3.05, 3.63) is 64.7 Å². The van der Waals surface area contributed by atoms with Gasteiger partial charge in [-0.1, -0.05) is 41.9 Å². The lowest BCUT2D eigenvalue weighted by Crippen LogP contribution is -2.43. The summed E-state index contributed by atoms with van der Waals surface area (Å²) in [5, 5.41) is 12.5. The first-order valence-electron chi connectivity index (χ1n) is 7.20. The summed E-state index contributed by atoms with van der Waals surface area (Å²) in [7, 11) is 5.72. The molecule has 0 N–H and O–H groups in total. The van der Waals surface area contributed by atoms with E-state index in [2.05, 4.69) is 4.99 Å². The van der Waals surface area contributed by atoms with Gasteiger partial charge in [0.25, 0.3) is 0 Å². The predicted octanol–water partition coefficient (Wildman–Crippen LogP) is 3.25. The van der Waals surface area contributed by atoms with E-state index in [0.29, 0.717) is 26.3 Å². The molecule has 2 rings (SSSR count). The summed E-state index contributed by atoms with van der Waals surface area (Å²) in [5.74, 6) is -0.480. The Balaban J connectivity index is 0.00000288. The van der Waals surface area contributed by atoms with E-state index in [1.165, 1.54) is 0 Å². The van der Waals surface area contributed by atoms with Gasteiger partial charge in [-0.05, 0) is 18.2 Å². The van der Waals surface area contributed by atoms with Gasteiger partial charge in [-0.25, -0.2) is 0 Å². The van der Waals surface area contributed by atoms with Crippen molar-refractivity contribution in [2.75, 3.05) is 27.7 Å². The Kier molecular flexibility index (Phi) is 7.14. The molecule has 0 unspecified atom stereocenters. The van der Waals surface area contributed by atoms with Gasteiger partial charge < -0.3 is 9.59 Å². The molecule has 0 bridgehead atoms. The number of rotatable bonds is 5. The fourth-order valence-corrected chi connectivity index (χ4v) is 2.28. The Bertz CT molecular complexity index is 740. The zero-order valence-electron chi connectivity index (χ0n) is 13.8. The molecule has 6 heteroatoms. The van der Waals surface area contributed by atoms with Crippen molar-refractivity contribution < 1.29 is 14.4 Å². The fraction of sp³-hybridized carbons (Fsp3) is 0.222. The van der Waals surface area contributed by atoms with Crippen molar-refractivity contribution in [3.8, 4) is 0 Å². The number of benzene rings is 2. The van der Waals surface area contributed by atoms with Gasteiger partial charge in [-0.3, -0.25) is 9.79 Å². The molecule has 0 saturated carbocycles. The third-order valence-corrected chi connectivity index (χ3v) is 3.33. The molecule has 0 aliphatic rings. The van der Waals surface area contributed by atoms with Gasteiger partial charge in [0, 0.05) is 22.0 Å². The molecular weight excluding hydrogens is 392 g/mol. The molecule has 0 aliphatic carbocycles. The molecule has 0 aromatic heterocycles. The average molecular weight is 412 g/mol. The Morgan fingerprint density at radius 2 is 1.75 bits per heavy atom. The standard InChI is InChI=1S/C18H19ClN2O2.BrH/c1-21(2,3)12-17(22)20-16-10-9-14(19)11-15(16)18(23)13-7-5-4-6-8-13;/h4-11H,12H2,1-3H3;1H. The minimum Gasteiger partial charge on any atom is -0.858 e. The number of nitrogens with zero attached hydrogens (tertiary/aromatic N) is 2. The van der Waals surface area contributed by atoms with E-state index in [9.17, 15) is 9.90 Å². The van der Waals surface area contributed by atoms with Crippen LogP contribution in [0.15, 0.2) is 53.5 Å². The summed E-state index contributed by atoms with van der Waals surface area (Å²) in [6.07, 6.45) is 0. The summed E-state index contributed by atoms with van der Waals surface area (Å²) in [6, 6.07) is 13.6. The number of hydrogen-bond acceptors (Lipinski definition) is 3. The van der Waals surface area contributed by atoms with Gasteiger partial charge in [-0.15, -0.1) is 17.0 Å². The maximum absolute atomic E-state index is 12.7. The number of likely N-dealkylation sites (N-methyl/N-ethyl adjacent to an activating group) is 1. The number of carbonyl (C=O) groups is 1. The summed E-state index contributed by atoms with van der Waals surface area (Å²) < 4.78 is 0.470. The maximum Gasteiger partial charge on any atom is 0.195 e. The molecule has 2 aromatic carbocycles. The Labute approximate surface area is 157 Å². The molecule has 0 radical (unpaired) electrons. The first kappa shape index (κ1) is 20.4. The highest BCUT2D eigenvalue weighted by molar-refractivity contribution is 8.93. The lowest BCUT2D eigenvalue weighted by molar-refractivity contribution is -0.863. The van der Waals surface area contributed by atoms with E-state index in [4.69, 9.17) is 11.6 Å². The van der Waals surface area contributed by atoms with E-state index >= 15 is 0 Å². The van der Waals surface area contributed by atoms with Gasteiger partial charge in [0.2, 0.25) is 0 Å². The van der Waals surface area contributed by atoms with Crippen LogP contribution in [0, 0.1) is 0 Å². The molecule has 0 aliphatic heterocycles. The summed E-state index contributed by atoms with van der Waals surface area (Å²) in [6.45, 7) is 0.252. The lowest BCUT2D eigenvalue weighted by Gasteiger charge is -2.26. The first-order chi connectivity index (χ1) is 10.8.